The number of rotatable bonds is 2. The summed E-state index contributed by atoms with van der Waals surface area (Å²) in [5, 5.41) is 5.50. The van der Waals surface area contributed by atoms with E-state index in [1.807, 2.05) is 13.0 Å². The largest absolute Gasteiger partial charge is 0.359 e. The molecule has 0 amide bonds. The van der Waals surface area contributed by atoms with Crippen LogP contribution in [0.3, 0.4) is 0 Å². The zero-order valence-electron chi connectivity index (χ0n) is 7.06. The minimum absolute atomic E-state index is 0.0223. The van der Waals surface area contributed by atoms with Crippen molar-refractivity contribution in [2.24, 2.45) is 0 Å². The maximum atomic E-state index is 11.1. The summed E-state index contributed by atoms with van der Waals surface area (Å²) in [6.07, 6.45) is 1.74. The molecule has 0 saturated carbocycles. The van der Waals surface area contributed by atoms with Crippen molar-refractivity contribution in [2.75, 3.05) is 0 Å². The summed E-state index contributed by atoms with van der Waals surface area (Å²) in [4.78, 5) is 11.2. The fraction of sp³-hybridized carbons (Fsp3) is 0.250. The van der Waals surface area contributed by atoms with Gasteiger partial charge in [0.25, 0.3) is 0 Å². The Hall–Kier alpha value is -1.36. The molecule has 0 N–H and O–H groups in total. The van der Waals surface area contributed by atoms with Crippen molar-refractivity contribution in [3.63, 3.8) is 0 Å². The second-order valence-electron chi connectivity index (χ2n) is 2.73. The van der Waals surface area contributed by atoms with Gasteiger partial charge in [-0.25, -0.2) is 0 Å². The van der Waals surface area contributed by atoms with E-state index >= 15 is 0 Å². The minimum atomic E-state index is 0.0223. The molecule has 0 spiro atoms. The molecule has 13 heavy (non-hydrogen) atoms. The van der Waals surface area contributed by atoms with E-state index in [4.69, 9.17) is 4.52 Å². The van der Waals surface area contributed by atoms with Crippen molar-refractivity contribution in [2.45, 2.75) is 13.5 Å². The van der Waals surface area contributed by atoms with Gasteiger partial charge < -0.3 is 4.52 Å². The maximum absolute atomic E-state index is 11.1. The molecule has 0 aliphatic rings. The van der Waals surface area contributed by atoms with Gasteiger partial charge >= 0.3 is 4.87 Å². The van der Waals surface area contributed by atoms with Gasteiger partial charge in [-0.3, -0.25) is 9.36 Å². The quantitative estimate of drug-likeness (QED) is 0.726. The molecular weight excluding hydrogens is 188 g/mol. The van der Waals surface area contributed by atoms with E-state index in [1.54, 1.807) is 16.1 Å². The van der Waals surface area contributed by atoms with E-state index in [-0.39, 0.29) is 4.87 Å². The summed E-state index contributed by atoms with van der Waals surface area (Å²) < 4.78 is 6.58. The summed E-state index contributed by atoms with van der Waals surface area (Å²) in [7, 11) is 0. The highest BCUT2D eigenvalue weighted by Crippen LogP contribution is 2.03. The molecular formula is C8H8N2O2S. The van der Waals surface area contributed by atoms with Crippen LogP contribution in [-0.4, -0.2) is 9.72 Å². The van der Waals surface area contributed by atoms with Crippen LogP contribution in [-0.2, 0) is 6.54 Å². The van der Waals surface area contributed by atoms with Crippen molar-refractivity contribution >= 4 is 11.3 Å². The lowest BCUT2D eigenvalue weighted by atomic mass is 10.4. The Morgan fingerprint density at radius 1 is 1.69 bits per heavy atom. The van der Waals surface area contributed by atoms with Crippen molar-refractivity contribution in [1.29, 1.82) is 0 Å². The Morgan fingerprint density at radius 3 is 3.08 bits per heavy atom. The van der Waals surface area contributed by atoms with Crippen molar-refractivity contribution in [3.05, 3.63) is 38.8 Å². The Kier molecular flexibility index (Phi) is 2.02. The molecule has 2 aromatic heterocycles. The molecule has 0 aliphatic carbocycles. The highest BCUT2D eigenvalue weighted by atomic mass is 32.1. The fourth-order valence-corrected chi connectivity index (χ4v) is 1.65. The lowest BCUT2D eigenvalue weighted by Crippen LogP contribution is -2.11. The standard InChI is InChI=1S/C8H8N2O2S/c1-6-4-7(12-9-6)5-10-2-3-13-8(10)11/h2-4H,5H2,1H3. The van der Waals surface area contributed by atoms with Crippen LogP contribution in [0.1, 0.15) is 11.5 Å². The van der Waals surface area contributed by atoms with Gasteiger partial charge in [0.15, 0.2) is 5.76 Å². The Balaban J connectivity index is 2.24. The smallest absolute Gasteiger partial charge is 0.307 e. The number of nitrogens with zero attached hydrogens (tertiary/aromatic N) is 2. The van der Waals surface area contributed by atoms with E-state index in [1.165, 1.54) is 11.3 Å². The zero-order chi connectivity index (χ0) is 9.26. The highest BCUT2D eigenvalue weighted by molar-refractivity contribution is 7.07. The number of aromatic nitrogens is 2. The van der Waals surface area contributed by atoms with Crippen LogP contribution < -0.4 is 4.87 Å². The van der Waals surface area contributed by atoms with E-state index in [0.29, 0.717) is 12.3 Å². The van der Waals surface area contributed by atoms with Crippen LogP contribution >= 0.6 is 11.3 Å². The second-order valence-corrected chi connectivity index (χ2v) is 3.59. The van der Waals surface area contributed by atoms with Crippen molar-refractivity contribution in [1.82, 2.24) is 9.72 Å². The molecule has 2 heterocycles. The first kappa shape index (κ1) is 8.25. The highest BCUT2D eigenvalue weighted by Gasteiger charge is 2.03. The molecule has 2 rings (SSSR count). The van der Waals surface area contributed by atoms with Crippen molar-refractivity contribution in [3.8, 4) is 0 Å². The van der Waals surface area contributed by atoms with E-state index < -0.39 is 0 Å². The van der Waals surface area contributed by atoms with Gasteiger partial charge in [-0.15, -0.1) is 0 Å². The predicted octanol–water partition coefficient (Wildman–Crippen LogP) is 1.25. The molecule has 0 aliphatic heterocycles. The number of hydrogen-bond donors (Lipinski definition) is 0. The molecule has 5 heteroatoms. The third-order valence-corrected chi connectivity index (χ3v) is 2.34. The molecule has 4 nitrogen and oxygen atoms in total. The van der Waals surface area contributed by atoms with Crippen LogP contribution in [0, 0.1) is 6.92 Å². The van der Waals surface area contributed by atoms with Crippen LogP contribution in [0.25, 0.3) is 0 Å². The minimum Gasteiger partial charge on any atom is -0.359 e. The first-order chi connectivity index (χ1) is 6.25. The topological polar surface area (TPSA) is 48.0 Å². The summed E-state index contributed by atoms with van der Waals surface area (Å²) in [5.74, 6) is 0.706. The van der Waals surface area contributed by atoms with Gasteiger partial charge in [0.1, 0.15) is 0 Å². The third kappa shape index (κ3) is 1.70. The van der Waals surface area contributed by atoms with Crippen LogP contribution in [0.2, 0.25) is 0 Å². The Bertz CT molecular complexity index is 454. The third-order valence-electron chi connectivity index (χ3n) is 1.65. The van der Waals surface area contributed by atoms with Gasteiger partial charge in [-0.1, -0.05) is 16.5 Å². The van der Waals surface area contributed by atoms with Gasteiger partial charge in [-0.2, -0.15) is 0 Å². The molecule has 0 radical (unpaired) electrons. The van der Waals surface area contributed by atoms with Crippen LogP contribution in [0.5, 0.6) is 0 Å². The van der Waals surface area contributed by atoms with Gasteiger partial charge in [0.2, 0.25) is 0 Å². The zero-order valence-corrected chi connectivity index (χ0v) is 7.87. The number of hydrogen-bond acceptors (Lipinski definition) is 4. The lowest BCUT2D eigenvalue weighted by molar-refractivity contribution is 0.372. The van der Waals surface area contributed by atoms with E-state index in [2.05, 4.69) is 5.16 Å². The number of aryl methyl sites for hydroxylation is 1. The SMILES string of the molecule is Cc1cc(Cn2ccsc2=O)on1. The Labute approximate surface area is 78.4 Å². The van der Waals surface area contributed by atoms with Crippen molar-refractivity contribution < 1.29 is 4.52 Å². The summed E-state index contributed by atoms with van der Waals surface area (Å²) >= 11 is 1.18. The predicted molar refractivity (Wildman–Crippen MR) is 48.9 cm³/mol. The molecule has 0 unspecified atom stereocenters. The summed E-state index contributed by atoms with van der Waals surface area (Å²) in [6, 6.07) is 1.82. The van der Waals surface area contributed by atoms with Crippen LogP contribution in [0.4, 0.5) is 0 Å². The Morgan fingerprint density at radius 2 is 2.54 bits per heavy atom. The molecule has 68 valence electrons. The molecule has 0 bridgehead atoms. The molecule has 0 fully saturated rings. The first-order valence-corrected chi connectivity index (χ1v) is 4.70. The summed E-state index contributed by atoms with van der Waals surface area (Å²) in [5.41, 5.74) is 0.832. The molecule has 0 aromatic carbocycles. The average molecular weight is 196 g/mol. The molecule has 0 atom stereocenters. The molecule has 0 saturated heterocycles. The first-order valence-electron chi connectivity index (χ1n) is 3.82. The van der Waals surface area contributed by atoms with E-state index in [0.717, 1.165) is 5.69 Å². The number of thiazole rings is 1. The van der Waals surface area contributed by atoms with E-state index in [9.17, 15) is 4.79 Å². The van der Waals surface area contributed by atoms with Gasteiger partial charge in [0.05, 0.1) is 12.2 Å². The second kappa shape index (κ2) is 3.18. The normalized spacial score (nSPS) is 10.5. The maximum Gasteiger partial charge on any atom is 0.307 e. The molecule has 2 aromatic rings. The van der Waals surface area contributed by atoms with Crippen LogP contribution in [0.15, 0.2) is 27.0 Å². The fourth-order valence-electron chi connectivity index (χ4n) is 1.07. The van der Waals surface area contributed by atoms with Gasteiger partial charge in [-0.05, 0) is 6.92 Å². The monoisotopic (exact) mass is 196 g/mol. The summed E-state index contributed by atoms with van der Waals surface area (Å²) in [6.45, 7) is 2.31. The van der Waals surface area contributed by atoms with Gasteiger partial charge in [0, 0.05) is 17.6 Å². The lowest BCUT2D eigenvalue weighted by Gasteiger charge is -1.93. The average Bonchev–Trinajstić information content (AvgIpc) is 2.64.